The Morgan fingerprint density at radius 1 is 1.13 bits per heavy atom. The van der Waals surface area contributed by atoms with E-state index in [1.165, 1.54) is 6.07 Å². The van der Waals surface area contributed by atoms with Crippen molar-refractivity contribution in [2.45, 2.75) is 70.1 Å². The van der Waals surface area contributed by atoms with Gasteiger partial charge in [-0.25, -0.2) is 17.9 Å². The summed E-state index contributed by atoms with van der Waals surface area (Å²) in [5.41, 5.74) is 1.81. The molecule has 0 fully saturated rings. The molecule has 0 unspecified atom stereocenters. The van der Waals surface area contributed by atoms with Gasteiger partial charge in [-0.05, 0) is 67.5 Å². The first-order chi connectivity index (χ1) is 14.2. The summed E-state index contributed by atoms with van der Waals surface area (Å²) in [4.78, 5) is 13.3. The van der Waals surface area contributed by atoms with E-state index in [1.54, 1.807) is 32.9 Å². The molecule has 2 aromatic rings. The molecule has 0 saturated carbocycles. The van der Waals surface area contributed by atoms with Crippen molar-refractivity contribution < 1.29 is 18.3 Å². The molecular weight excluding hydrogens is 434 g/mol. The Labute approximate surface area is 188 Å². The van der Waals surface area contributed by atoms with Crippen molar-refractivity contribution in [2.24, 2.45) is 0 Å². The highest BCUT2D eigenvalue weighted by Gasteiger charge is 2.27. The summed E-state index contributed by atoms with van der Waals surface area (Å²) in [6, 6.07) is 6.05. The Morgan fingerprint density at radius 2 is 1.65 bits per heavy atom. The number of benzene rings is 1. The van der Waals surface area contributed by atoms with Crippen molar-refractivity contribution in [3.63, 3.8) is 0 Å². The second-order valence-electron chi connectivity index (χ2n) is 8.60. The summed E-state index contributed by atoms with van der Waals surface area (Å²) >= 11 is 0.991. The largest absolute Gasteiger partial charge is 0.386 e. The van der Waals surface area contributed by atoms with Gasteiger partial charge < -0.3 is 10.4 Å². The highest BCUT2D eigenvalue weighted by Crippen LogP contribution is 2.35. The number of nitriles is 1. The second kappa shape index (κ2) is 8.99. The van der Waals surface area contributed by atoms with Gasteiger partial charge in [0.05, 0.1) is 17.2 Å². The zero-order valence-electron chi connectivity index (χ0n) is 18.8. The van der Waals surface area contributed by atoms with Gasteiger partial charge in [0.25, 0.3) is 10.0 Å². The molecule has 2 amide bonds. The summed E-state index contributed by atoms with van der Waals surface area (Å²) in [5, 5.41) is 22.2. The Morgan fingerprint density at radius 3 is 2.03 bits per heavy atom. The van der Waals surface area contributed by atoms with Crippen molar-refractivity contribution in [1.29, 1.82) is 5.26 Å². The van der Waals surface area contributed by atoms with Crippen LogP contribution in [0.3, 0.4) is 0 Å². The Bertz CT molecular complexity index is 1110. The molecule has 7 nitrogen and oxygen atoms in total. The van der Waals surface area contributed by atoms with Gasteiger partial charge in [-0.2, -0.15) is 5.26 Å². The number of hydrogen-bond donors (Lipinski definition) is 3. The minimum atomic E-state index is -4.13. The minimum absolute atomic E-state index is 0.00648. The van der Waals surface area contributed by atoms with Crippen molar-refractivity contribution in [2.75, 3.05) is 5.32 Å². The number of carbonyl (C=O) groups is 1. The molecule has 0 atom stereocenters. The third-order valence-corrected chi connectivity index (χ3v) is 7.71. The highest BCUT2D eigenvalue weighted by molar-refractivity contribution is 7.92. The van der Waals surface area contributed by atoms with Crippen LogP contribution in [0, 0.1) is 18.3 Å². The molecule has 3 N–H and O–H groups in total. The summed E-state index contributed by atoms with van der Waals surface area (Å²) < 4.78 is 27.6. The normalized spacial score (nSPS) is 12.2. The van der Waals surface area contributed by atoms with Crippen LogP contribution in [0.25, 0.3) is 0 Å². The molecule has 0 aliphatic heterocycles. The molecule has 0 aliphatic carbocycles. The number of carbonyl (C=O) groups excluding carboxylic acids is 1. The molecule has 0 bridgehead atoms. The van der Waals surface area contributed by atoms with Crippen LogP contribution in [0.1, 0.15) is 80.5 Å². The number of hydrogen-bond acceptors (Lipinski definition) is 6. The van der Waals surface area contributed by atoms with Crippen LogP contribution in [0.5, 0.6) is 0 Å². The highest BCUT2D eigenvalue weighted by atomic mass is 32.2. The van der Waals surface area contributed by atoms with Gasteiger partial charge in [0.1, 0.15) is 4.21 Å². The predicted octanol–water partition coefficient (Wildman–Crippen LogP) is 4.91. The lowest BCUT2D eigenvalue weighted by molar-refractivity contribution is 0.0783. The number of nitrogens with one attached hydrogen (secondary N) is 2. The summed E-state index contributed by atoms with van der Waals surface area (Å²) in [6.45, 7) is 12.6. The number of anilines is 1. The molecule has 0 spiro atoms. The maximum Gasteiger partial charge on any atom is 0.333 e. The third kappa shape index (κ3) is 5.64. The number of aryl methyl sites for hydroxylation is 1. The fourth-order valence-electron chi connectivity index (χ4n) is 3.31. The van der Waals surface area contributed by atoms with Crippen LogP contribution >= 0.6 is 11.3 Å². The van der Waals surface area contributed by atoms with Crippen molar-refractivity contribution in [3.05, 3.63) is 45.3 Å². The SMILES string of the molecule is Cc1sc(S(=O)(=O)NC(=O)Nc2c(C(C)C)cc(C#N)cc2C(C)C)cc1C(C)(C)O. The van der Waals surface area contributed by atoms with Gasteiger partial charge in [-0.1, -0.05) is 27.7 Å². The van der Waals surface area contributed by atoms with E-state index in [1.807, 2.05) is 27.7 Å². The molecule has 9 heteroatoms. The van der Waals surface area contributed by atoms with Crippen LogP contribution in [-0.2, 0) is 15.6 Å². The monoisotopic (exact) mass is 463 g/mol. The van der Waals surface area contributed by atoms with E-state index in [4.69, 9.17) is 0 Å². The van der Waals surface area contributed by atoms with E-state index >= 15 is 0 Å². The molecule has 0 radical (unpaired) electrons. The average Bonchev–Trinajstić information content (AvgIpc) is 3.04. The first kappa shape index (κ1) is 24.9. The molecule has 1 heterocycles. The molecule has 0 saturated heterocycles. The number of aliphatic hydroxyl groups is 1. The van der Waals surface area contributed by atoms with E-state index < -0.39 is 21.7 Å². The lowest BCUT2D eigenvalue weighted by Gasteiger charge is -2.21. The lowest BCUT2D eigenvalue weighted by Crippen LogP contribution is -2.34. The van der Waals surface area contributed by atoms with Crippen molar-refractivity contribution in [1.82, 2.24) is 4.72 Å². The third-order valence-electron chi connectivity index (χ3n) is 4.86. The predicted molar refractivity (Wildman–Crippen MR) is 123 cm³/mol. The molecule has 1 aromatic carbocycles. The van der Waals surface area contributed by atoms with E-state index in [-0.39, 0.29) is 16.0 Å². The van der Waals surface area contributed by atoms with Gasteiger partial charge in [-0.15, -0.1) is 11.3 Å². The van der Waals surface area contributed by atoms with Crippen LogP contribution < -0.4 is 10.0 Å². The summed E-state index contributed by atoms with van der Waals surface area (Å²) in [5.74, 6) is 0.0130. The quantitative estimate of drug-likeness (QED) is 0.562. The first-order valence-electron chi connectivity index (χ1n) is 9.92. The van der Waals surface area contributed by atoms with E-state index in [9.17, 15) is 23.6 Å². The van der Waals surface area contributed by atoms with Crippen molar-refractivity contribution in [3.8, 4) is 6.07 Å². The number of sulfonamides is 1. The average molecular weight is 464 g/mol. The van der Waals surface area contributed by atoms with Crippen LogP contribution in [0.15, 0.2) is 22.4 Å². The first-order valence-corrected chi connectivity index (χ1v) is 12.2. The maximum atomic E-state index is 12.8. The smallest absolute Gasteiger partial charge is 0.333 e. The van der Waals surface area contributed by atoms with Gasteiger partial charge in [0.15, 0.2) is 0 Å². The molecule has 168 valence electrons. The fraction of sp³-hybridized carbons (Fsp3) is 0.455. The van der Waals surface area contributed by atoms with Gasteiger partial charge >= 0.3 is 6.03 Å². The lowest BCUT2D eigenvalue weighted by atomic mass is 9.90. The maximum absolute atomic E-state index is 12.8. The zero-order valence-corrected chi connectivity index (χ0v) is 20.5. The zero-order chi connectivity index (χ0) is 23.7. The van der Waals surface area contributed by atoms with Gasteiger partial charge in [-0.3, -0.25) is 0 Å². The Hall–Kier alpha value is -2.41. The van der Waals surface area contributed by atoms with Crippen molar-refractivity contribution >= 4 is 33.1 Å². The standard InChI is InChI=1S/C22H29N3O4S2/c1-12(2)16-8-15(11-23)9-17(13(3)4)20(16)24-21(26)25-31(28,29)19-10-18(14(5)30-19)22(6,7)27/h8-10,12-13,27H,1-7H3,(H2,24,25,26). The molecular formula is C22H29N3O4S2. The molecule has 31 heavy (non-hydrogen) atoms. The van der Waals surface area contributed by atoms with E-state index in [0.29, 0.717) is 21.7 Å². The van der Waals surface area contributed by atoms with Crippen LogP contribution in [0.4, 0.5) is 10.5 Å². The fourth-order valence-corrected chi connectivity index (χ4v) is 5.82. The van der Waals surface area contributed by atoms with E-state index in [2.05, 4.69) is 16.1 Å². The van der Waals surface area contributed by atoms with Gasteiger partial charge in [0.2, 0.25) is 0 Å². The molecule has 2 rings (SSSR count). The second-order valence-corrected chi connectivity index (χ2v) is 11.8. The summed E-state index contributed by atoms with van der Waals surface area (Å²) in [7, 11) is -4.13. The minimum Gasteiger partial charge on any atom is -0.386 e. The number of thiophene rings is 1. The summed E-state index contributed by atoms with van der Waals surface area (Å²) in [6.07, 6.45) is 0. The van der Waals surface area contributed by atoms with Gasteiger partial charge in [0, 0.05) is 10.6 Å². The Balaban J connectivity index is 2.39. The number of nitrogens with zero attached hydrogens (tertiary/aromatic N) is 1. The van der Waals surface area contributed by atoms with E-state index in [0.717, 1.165) is 22.5 Å². The molecule has 0 aliphatic rings. The number of amides is 2. The van der Waals surface area contributed by atoms with Crippen LogP contribution in [0.2, 0.25) is 0 Å². The number of urea groups is 1. The number of rotatable bonds is 6. The Kier molecular flexibility index (Phi) is 7.21. The molecule has 1 aromatic heterocycles. The topological polar surface area (TPSA) is 119 Å². The van der Waals surface area contributed by atoms with Crippen LogP contribution in [-0.4, -0.2) is 19.6 Å².